The SMILES string of the molecule is CC(C)CC(C)OCc1ccc([N+](=O)[O-])c(NN)c1. The Morgan fingerprint density at radius 2 is 2.11 bits per heavy atom. The first-order valence-corrected chi connectivity index (χ1v) is 6.29. The van der Waals surface area contributed by atoms with E-state index in [4.69, 9.17) is 10.6 Å². The molecule has 0 spiro atoms. The maximum atomic E-state index is 10.8. The van der Waals surface area contributed by atoms with Crippen molar-refractivity contribution in [3.63, 3.8) is 0 Å². The zero-order valence-electron chi connectivity index (χ0n) is 11.6. The van der Waals surface area contributed by atoms with Crippen molar-refractivity contribution in [3.05, 3.63) is 33.9 Å². The van der Waals surface area contributed by atoms with Crippen LogP contribution < -0.4 is 11.3 Å². The molecule has 0 aromatic heterocycles. The van der Waals surface area contributed by atoms with Crippen LogP contribution in [0.3, 0.4) is 0 Å². The van der Waals surface area contributed by atoms with E-state index < -0.39 is 4.92 Å². The lowest BCUT2D eigenvalue weighted by atomic mass is 10.1. The van der Waals surface area contributed by atoms with Gasteiger partial charge in [-0.15, -0.1) is 0 Å². The molecular formula is C13H21N3O3. The van der Waals surface area contributed by atoms with E-state index in [1.807, 2.05) is 6.92 Å². The number of anilines is 1. The molecule has 1 rings (SSSR count). The molecule has 6 nitrogen and oxygen atoms in total. The summed E-state index contributed by atoms with van der Waals surface area (Å²) < 4.78 is 5.70. The first-order valence-electron chi connectivity index (χ1n) is 6.29. The molecule has 106 valence electrons. The minimum absolute atomic E-state index is 0.0403. The Kier molecular flexibility index (Phi) is 5.72. The van der Waals surface area contributed by atoms with Crippen LogP contribution >= 0.6 is 0 Å². The highest BCUT2D eigenvalue weighted by Gasteiger charge is 2.13. The Labute approximate surface area is 113 Å². The van der Waals surface area contributed by atoms with Gasteiger partial charge in [-0.25, -0.2) is 0 Å². The molecule has 1 aromatic carbocycles. The topological polar surface area (TPSA) is 90.4 Å². The lowest BCUT2D eigenvalue weighted by Gasteiger charge is -2.15. The summed E-state index contributed by atoms with van der Waals surface area (Å²) in [5, 5.41) is 10.8. The molecule has 0 aliphatic carbocycles. The van der Waals surface area contributed by atoms with Gasteiger partial charge in [-0.3, -0.25) is 16.0 Å². The van der Waals surface area contributed by atoms with Gasteiger partial charge in [-0.2, -0.15) is 0 Å². The van der Waals surface area contributed by atoms with Crippen molar-refractivity contribution in [2.45, 2.75) is 39.9 Å². The third-order valence-corrected chi connectivity index (χ3v) is 2.75. The van der Waals surface area contributed by atoms with E-state index in [-0.39, 0.29) is 11.8 Å². The molecule has 0 amide bonds. The van der Waals surface area contributed by atoms with E-state index >= 15 is 0 Å². The Morgan fingerprint density at radius 3 is 2.63 bits per heavy atom. The number of nitro groups is 1. The zero-order chi connectivity index (χ0) is 14.4. The largest absolute Gasteiger partial charge is 0.374 e. The lowest BCUT2D eigenvalue weighted by Crippen LogP contribution is -2.12. The zero-order valence-corrected chi connectivity index (χ0v) is 11.6. The summed E-state index contributed by atoms with van der Waals surface area (Å²) in [6.45, 7) is 6.72. The van der Waals surface area contributed by atoms with Crippen molar-refractivity contribution in [2.75, 3.05) is 5.43 Å². The van der Waals surface area contributed by atoms with Gasteiger partial charge in [-0.1, -0.05) is 13.8 Å². The minimum atomic E-state index is -0.471. The van der Waals surface area contributed by atoms with Crippen LogP contribution in [0.1, 0.15) is 32.8 Å². The van der Waals surface area contributed by atoms with Crippen molar-refractivity contribution >= 4 is 11.4 Å². The number of ether oxygens (including phenoxy) is 1. The van der Waals surface area contributed by atoms with Crippen molar-refractivity contribution in [1.29, 1.82) is 0 Å². The monoisotopic (exact) mass is 267 g/mol. The molecule has 19 heavy (non-hydrogen) atoms. The first kappa shape index (κ1) is 15.4. The molecule has 0 aliphatic heterocycles. The third-order valence-electron chi connectivity index (χ3n) is 2.75. The molecule has 6 heteroatoms. The fourth-order valence-corrected chi connectivity index (χ4v) is 1.92. The number of nitrogens with zero attached hydrogens (tertiary/aromatic N) is 1. The van der Waals surface area contributed by atoms with Crippen LogP contribution in [0.5, 0.6) is 0 Å². The molecule has 0 fully saturated rings. The molecule has 0 heterocycles. The van der Waals surface area contributed by atoms with Gasteiger partial charge in [0.15, 0.2) is 0 Å². The van der Waals surface area contributed by atoms with E-state index in [2.05, 4.69) is 19.3 Å². The highest BCUT2D eigenvalue weighted by molar-refractivity contribution is 5.61. The predicted molar refractivity (Wildman–Crippen MR) is 74.6 cm³/mol. The van der Waals surface area contributed by atoms with Crippen LogP contribution in [0, 0.1) is 16.0 Å². The highest BCUT2D eigenvalue weighted by atomic mass is 16.6. The van der Waals surface area contributed by atoms with Crippen molar-refractivity contribution in [2.24, 2.45) is 11.8 Å². The van der Waals surface area contributed by atoms with Crippen LogP contribution in [-0.4, -0.2) is 11.0 Å². The average Bonchev–Trinajstić information content (AvgIpc) is 2.34. The van der Waals surface area contributed by atoms with Crippen LogP contribution in [0.2, 0.25) is 0 Å². The molecule has 1 unspecified atom stereocenters. The fraction of sp³-hybridized carbons (Fsp3) is 0.538. The van der Waals surface area contributed by atoms with Gasteiger partial charge < -0.3 is 10.2 Å². The molecule has 1 atom stereocenters. The summed E-state index contributed by atoms with van der Waals surface area (Å²) in [5.74, 6) is 5.86. The average molecular weight is 267 g/mol. The number of nitrogens with one attached hydrogen (secondary N) is 1. The van der Waals surface area contributed by atoms with E-state index in [9.17, 15) is 10.1 Å². The summed E-state index contributed by atoms with van der Waals surface area (Å²) in [6.07, 6.45) is 1.14. The number of rotatable bonds is 7. The molecule has 0 saturated carbocycles. The maximum Gasteiger partial charge on any atom is 0.293 e. The van der Waals surface area contributed by atoms with Gasteiger partial charge in [0.25, 0.3) is 5.69 Å². The fourth-order valence-electron chi connectivity index (χ4n) is 1.92. The van der Waals surface area contributed by atoms with Crippen molar-refractivity contribution < 1.29 is 9.66 Å². The quantitative estimate of drug-likeness (QED) is 0.450. The molecule has 0 aliphatic rings. The second-order valence-corrected chi connectivity index (χ2v) is 5.00. The van der Waals surface area contributed by atoms with Crippen LogP contribution in [-0.2, 0) is 11.3 Å². The minimum Gasteiger partial charge on any atom is -0.374 e. The van der Waals surface area contributed by atoms with E-state index in [0.29, 0.717) is 18.2 Å². The van der Waals surface area contributed by atoms with E-state index in [1.165, 1.54) is 6.07 Å². The molecular weight excluding hydrogens is 246 g/mol. The summed E-state index contributed by atoms with van der Waals surface area (Å²) >= 11 is 0. The highest BCUT2D eigenvalue weighted by Crippen LogP contribution is 2.25. The summed E-state index contributed by atoms with van der Waals surface area (Å²) in [5.41, 5.74) is 3.45. The Bertz CT molecular complexity index is 435. The van der Waals surface area contributed by atoms with E-state index in [0.717, 1.165) is 12.0 Å². The van der Waals surface area contributed by atoms with Crippen LogP contribution in [0.4, 0.5) is 11.4 Å². The molecule has 0 radical (unpaired) electrons. The summed E-state index contributed by atoms with van der Waals surface area (Å²) in [7, 11) is 0. The third kappa shape index (κ3) is 4.84. The Morgan fingerprint density at radius 1 is 1.42 bits per heavy atom. The van der Waals surface area contributed by atoms with Crippen molar-refractivity contribution in [3.8, 4) is 0 Å². The number of nitrogen functional groups attached to an aromatic ring is 1. The summed E-state index contributed by atoms with van der Waals surface area (Å²) in [4.78, 5) is 10.3. The second kappa shape index (κ2) is 7.06. The van der Waals surface area contributed by atoms with Crippen LogP contribution in [0.25, 0.3) is 0 Å². The number of hydrogen-bond donors (Lipinski definition) is 2. The standard InChI is InChI=1S/C13H21N3O3/c1-9(2)6-10(3)19-8-11-4-5-13(16(17)18)12(7-11)15-14/h4-5,7,9-10,15H,6,8,14H2,1-3H3. The lowest BCUT2D eigenvalue weighted by molar-refractivity contribution is -0.384. The van der Waals surface area contributed by atoms with Gasteiger partial charge in [0.05, 0.1) is 17.6 Å². The molecule has 3 N–H and O–H groups in total. The normalized spacial score (nSPS) is 12.5. The van der Waals surface area contributed by atoms with Crippen LogP contribution in [0.15, 0.2) is 18.2 Å². The van der Waals surface area contributed by atoms with Gasteiger partial charge in [0.1, 0.15) is 5.69 Å². The maximum absolute atomic E-state index is 10.8. The number of hydrogen-bond acceptors (Lipinski definition) is 5. The van der Waals surface area contributed by atoms with Gasteiger partial charge in [-0.05, 0) is 37.0 Å². The first-order chi connectivity index (χ1) is 8.93. The smallest absolute Gasteiger partial charge is 0.293 e. The molecule has 1 aromatic rings. The molecule has 0 bridgehead atoms. The van der Waals surface area contributed by atoms with Gasteiger partial charge >= 0.3 is 0 Å². The number of nitrogens with two attached hydrogens (primary N) is 1. The molecule has 0 saturated heterocycles. The Balaban J connectivity index is 2.67. The van der Waals surface area contributed by atoms with Gasteiger partial charge in [0.2, 0.25) is 0 Å². The van der Waals surface area contributed by atoms with Gasteiger partial charge in [0, 0.05) is 6.07 Å². The van der Waals surface area contributed by atoms with Crippen molar-refractivity contribution in [1.82, 2.24) is 0 Å². The Hall–Kier alpha value is -1.66. The summed E-state index contributed by atoms with van der Waals surface area (Å²) in [6, 6.07) is 4.75. The predicted octanol–water partition coefficient (Wildman–Crippen LogP) is 2.83. The second-order valence-electron chi connectivity index (χ2n) is 5.00. The van der Waals surface area contributed by atoms with E-state index in [1.54, 1.807) is 12.1 Å². The number of benzene rings is 1. The number of nitro benzene ring substituents is 1. The number of hydrazine groups is 1.